The highest BCUT2D eigenvalue weighted by Crippen LogP contribution is 2.22. The van der Waals surface area contributed by atoms with Crippen LogP contribution in [-0.4, -0.2) is 22.5 Å². The molecule has 1 N–H and O–H groups in total. The Morgan fingerprint density at radius 1 is 1.47 bits per heavy atom. The molecule has 2 unspecified atom stereocenters. The Balaban J connectivity index is 2.93. The molecule has 5 nitrogen and oxygen atoms in total. The van der Waals surface area contributed by atoms with Crippen molar-refractivity contribution >= 4 is 5.69 Å². The molecule has 1 rings (SSSR count). The van der Waals surface area contributed by atoms with Gasteiger partial charge in [-0.15, -0.1) is 0 Å². The lowest BCUT2D eigenvalue weighted by molar-refractivity contribution is -0.385. The highest BCUT2D eigenvalue weighted by Gasteiger charge is 2.18. The molecular formula is C12H19N3O2. The van der Waals surface area contributed by atoms with E-state index in [9.17, 15) is 10.1 Å². The lowest BCUT2D eigenvalue weighted by Crippen LogP contribution is -2.31. The van der Waals surface area contributed by atoms with Crippen molar-refractivity contribution in [1.29, 1.82) is 0 Å². The van der Waals surface area contributed by atoms with E-state index in [1.54, 1.807) is 13.0 Å². The van der Waals surface area contributed by atoms with E-state index in [4.69, 9.17) is 0 Å². The number of hydrogen-bond acceptors (Lipinski definition) is 4. The molecule has 0 spiro atoms. The number of aromatic nitrogens is 1. The second-order valence-electron chi connectivity index (χ2n) is 4.23. The number of likely N-dealkylation sites (N-methyl/N-ethyl adjacent to an activating group) is 1. The molecule has 2 atom stereocenters. The predicted octanol–water partition coefficient (Wildman–Crippen LogP) is 2.40. The molecule has 0 aromatic carbocycles. The average molecular weight is 237 g/mol. The van der Waals surface area contributed by atoms with Crippen LogP contribution in [0.1, 0.15) is 38.1 Å². The van der Waals surface area contributed by atoms with Gasteiger partial charge in [-0.1, -0.05) is 13.8 Å². The van der Waals surface area contributed by atoms with Crippen LogP contribution in [0, 0.1) is 17.0 Å². The van der Waals surface area contributed by atoms with Crippen molar-refractivity contribution in [3.8, 4) is 0 Å². The zero-order chi connectivity index (χ0) is 13.0. The van der Waals surface area contributed by atoms with Crippen LogP contribution in [0.3, 0.4) is 0 Å². The molecule has 0 radical (unpaired) electrons. The molecule has 94 valence electrons. The van der Waals surface area contributed by atoms with Crippen LogP contribution in [0.4, 0.5) is 5.69 Å². The van der Waals surface area contributed by atoms with Gasteiger partial charge in [-0.3, -0.25) is 15.1 Å². The summed E-state index contributed by atoms with van der Waals surface area (Å²) in [6.07, 6.45) is 0. The zero-order valence-electron chi connectivity index (χ0n) is 10.7. The quantitative estimate of drug-likeness (QED) is 0.630. The second-order valence-corrected chi connectivity index (χ2v) is 4.23. The lowest BCUT2D eigenvalue weighted by Gasteiger charge is -2.20. The highest BCUT2D eigenvalue weighted by molar-refractivity contribution is 5.36. The Labute approximate surface area is 101 Å². The first-order chi connectivity index (χ1) is 7.97. The van der Waals surface area contributed by atoms with Crippen molar-refractivity contribution in [2.24, 2.45) is 0 Å². The molecule has 0 saturated heterocycles. The van der Waals surface area contributed by atoms with Crippen LogP contribution in [-0.2, 0) is 0 Å². The molecule has 1 aromatic heterocycles. The SMILES string of the molecule is CCNC(C)C(C)c1ccc([N+](=O)[O-])c(C)n1. The Hall–Kier alpha value is -1.49. The van der Waals surface area contributed by atoms with Gasteiger partial charge in [-0.05, 0) is 26.5 Å². The predicted molar refractivity (Wildman–Crippen MR) is 67.2 cm³/mol. The maximum absolute atomic E-state index is 10.7. The molecule has 0 aliphatic carbocycles. The first kappa shape index (κ1) is 13.6. The fourth-order valence-corrected chi connectivity index (χ4v) is 1.77. The smallest absolute Gasteiger partial charge is 0.290 e. The number of nitrogens with one attached hydrogen (secondary N) is 1. The van der Waals surface area contributed by atoms with Gasteiger partial charge in [-0.2, -0.15) is 0 Å². The van der Waals surface area contributed by atoms with E-state index in [0.717, 1.165) is 12.2 Å². The van der Waals surface area contributed by atoms with E-state index in [-0.39, 0.29) is 11.6 Å². The van der Waals surface area contributed by atoms with E-state index >= 15 is 0 Å². The van der Waals surface area contributed by atoms with Gasteiger partial charge in [0.25, 0.3) is 5.69 Å². The van der Waals surface area contributed by atoms with Gasteiger partial charge in [-0.25, -0.2) is 0 Å². The number of hydrogen-bond donors (Lipinski definition) is 1. The summed E-state index contributed by atoms with van der Waals surface area (Å²) in [5.74, 6) is 0.231. The van der Waals surface area contributed by atoms with Crippen molar-refractivity contribution in [3.63, 3.8) is 0 Å². The molecule has 0 bridgehead atoms. The monoisotopic (exact) mass is 237 g/mol. The highest BCUT2D eigenvalue weighted by atomic mass is 16.6. The first-order valence-corrected chi connectivity index (χ1v) is 5.82. The first-order valence-electron chi connectivity index (χ1n) is 5.82. The average Bonchev–Trinajstić information content (AvgIpc) is 2.27. The third-order valence-electron chi connectivity index (χ3n) is 3.02. The van der Waals surface area contributed by atoms with Crippen LogP contribution >= 0.6 is 0 Å². The Morgan fingerprint density at radius 3 is 2.59 bits per heavy atom. The number of pyridine rings is 1. The van der Waals surface area contributed by atoms with Gasteiger partial charge in [0.2, 0.25) is 0 Å². The summed E-state index contributed by atoms with van der Waals surface area (Å²) in [6, 6.07) is 3.57. The summed E-state index contributed by atoms with van der Waals surface area (Å²) < 4.78 is 0. The van der Waals surface area contributed by atoms with Crippen molar-refractivity contribution < 1.29 is 4.92 Å². The van der Waals surface area contributed by atoms with Gasteiger partial charge in [0.05, 0.1) is 4.92 Å². The van der Waals surface area contributed by atoms with Crippen LogP contribution in [0.15, 0.2) is 12.1 Å². The van der Waals surface area contributed by atoms with Crippen LogP contribution < -0.4 is 5.32 Å². The summed E-state index contributed by atoms with van der Waals surface area (Å²) in [4.78, 5) is 14.6. The summed E-state index contributed by atoms with van der Waals surface area (Å²) in [7, 11) is 0. The summed E-state index contributed by atoms with van der Waals surface area (Å²) >= 11 is 0. The maximum Gasteiger partial charge on any atom is 0.290 e. The molecule has 1 heterocycles. The minimum atomic E-state index is -0.398. The molecule has 0 fully saturated rings. The van der Waals surface area contributed by atoms with Crippen molar-refractivity contribution in [3.05, 3.63) is 33.6 Å². The molecule has 0 amide bonds. The normalized spacial score (nSPS) is 14.4. The maximum atomic E-state index is 10.7. The topological polar surface area (TPSA) is 68.1 Å². The number of rotatable bonds is 5. The molecule has 0 aliphatic heterocycles. The molecule has 17 heavy (non-hydrogen) atoms. The van der Waals surface area contributed by atoms with E-state index < -0.39 is 4.92 Å². The standard InChI is InChI=1S/C12H19N3O2/c1-5-13-9(3)8(2)11-6-7-12(15(16)17)10(4)14-11/h6-9,13H,5H2,1-4H3. The third kappa shape index (κ3) is 3.23. The molecule has 5 heteroatoms. The van der Waals surface area contributed by atoms with Crippen LogP contribution in [0.25, 0.3) is 0 Å². The minimum Gasteiger partial charge on any atom is -0.314 e. The van der Waals surface area contributed by atoms with Gasteiger partial charge >= 0.3 is 0 Å². The van der Waals surface area contributed by atoms with E-state index in [2.05, 4.69) is 31.1 Å². The minimum absolute atomic E-state index is 0.0806. The summed E-state index contributed by atoms with van der Waals surface area (Å²) in [5, 5.41) is 14.0. The van der Waals surface area contributed by atoms with Gasteiger partial charge in [0.1, 0.15) is 5.69 Å². The van der Waals surface area contributed by atoms with Crippen LogP contribution in [0.5, 0.6) is 0 Å². The van der Waals surface area contributed by atoms with Crippen molar-refractivity contribution in [1.82, 2.24) is 10.3 Å². The zero-order valence-corrected chi connectivity index (χ0v) is 10.7. The van der Waals surface area contributed by atoms with Gasteiger partial charge < -0.3 is 5.32 Å². The molecule has 0 saturated carbocycles. The summed E-state index contributed by atoms with van der Waals surface area (Å²) in [5.41, 5.74) is 1.45. The number of nitrogens with zero attached hydrogens (tertiary/aromatic N) is 2. The number of aryl methyl sites for hydroxylation is 1. The Bertz CT molecular complexity index is 407. The molecule has 1 aromatic rings. The van der Waals surface area contributed by atoms with Crippen LogP contribution in [0.2, 0.25) is 0 Å². The van der Waals surface area contributed by atoms with Gasteiger partial charge in [0, 0.05) is 23.7 Å². The Kier molecular flexibility index (Phi) is 4.57. The third-order valence-corrected chi connectivity index (χ3v) is 3.02. The fourth-order valence-electron chi connectivity index (χ4n) is 1.77. The number of nitro groups is 1. The fraction of sp³-hybridized carbons (Fsp3) is 0.583. The second kappa shape index (κ2) is 5.72. The van der Waals surface area contributed by atoms with Gasteiger partial charge in [0.15, 0.2) is 0 Å². The van der Waals surface area contributed by atoms with E-state index in [1.807, 2.05) is 0 Å². The molecule has 0 aliphatic rings. The van der Waals surface area contributed by atoms with E-state index in [1.165, 1.54) is 6.07 Å². The molecular weight excluding hydrogens is 218 g/mol. The Morgan fingerprint density at radius 2 is 2.12 bits per heavy atom. The summed E-state index contributed by atoms with van der Waals surface area (Å²) in [6.45, 7) is 8.79. The van der Waals surface area contributed by atoms with E-state index in [0.29, 0.717) is 11.7 Å². The largest absolute Gasteiger partial charge is 0.314 e. The van der Waals surface area contributed by atoms with Crippen molar-refractivity contribution in [2.45, 2.75) is 39.7 Å². The van der Waals surface area contributed by atoms with Crippen molar-refractivity contribution in [2.75, 3.05) is 6.54 Å². The lowest BCUT2D eigenvalue weighted by atomic mass is 9.98.